The third-order valence-corrected chi connectivity index (χ3v) is 5.04. The topological polar surface area (TPSA) is 48.0 Å². The van der Waals surface area contributed by atoms with Gasteiger partial charge in [0.1, 0.15) is 19.0 Å². The molecular formula is C21H23NO4. The molecule has 0 N–H and O–H groups in total. The lowest BCUT2D eigenvalue weighted by Crippen LogP contribution is -2.31. The predicted molar refractivity (Wildman–Crippen MR) is 97.8 cm³/mol. The monoisotopic (exact) mass is 353 g/mol. The van der Waals surface area contributed by atoms with E-state index in [2.05, 4.69) is 12.1 Å². The first-order chi connectivity index (χ1) is 12.7. The standard InChI is InChI=1S/C21H23NO4/c1-24-17-7-5-16(6-8-17)18-3-2-10-22(18)21(23)14-15-4-9-19-20(13-15)26-12-11-25-19/h4-9,13,18H,2-3,10-12,14H2,1H3. The first kappa shape index (κ1) is 16.8. The molecule has 0 spiro atoms. The van der Waals surface area contributed by atoms with Crippen molar-refractivity contribution in [3.8, 4) is 17.2 Å². The Morgan fingerprint density at radius 1 is 1.12 bits per heavy atom. The van der Waals surface area contributed by atoms with Gasteiger partial charge in [-0.05, 0) is 48.2 Å². The molecule has 0 radical (unpaired) electrons. The molecule has 1 fully saturated rings. The molecule has 0 saturated carbocycles. The number of hydrogen-bond acceptors (Lipinski definition) is 4. The molecule has 1 saturated heterocycles. The maximum Gasteiger partial charge on any atom is 0.227 e. The molecular weight excluding hydrogens is 330 g/mol. The Bertz CT molecular complexity index is 787. The average molecular weight is 353 g/mol. The minimum absolute atomic E-state index is 0.144. The highest BCUT2D eigenvalue weighted by Crippen LogP contribution is 2.34. The number of nitrogens with zero attached hydrogens (tertiary/aromatic N) is 1. The van der Waals surface area contributed by atoms with Crippen molar-refractivity contribution in [3.05, 3.63) is 53.6 Å². The van der Waals surface area contributed by atoms with E-state index in [9.17, 15) is 4.79 Å². The lowest BCUT2D eigenvalue weighted by atomic mass is 10.0. The number of methoxy groups -OCH3 is 1. The van der Waals surface area contributed by atoms with Gasteiger partial charge in [0.25, 0.3) is 0 Å². The van der Waals surface area contributed by atoms with Gasteiger partial charge in [0.05, 0.1) is 19.6 Å². The largest absolute Gasteiger partial charge is 0.497 e. The smallest absolute Gasteiger partial charge is 0.227 e. The van der Waals surface area contributed by atoms with Crippen LogP contribution in [0.5, 0.6) is 17.2 Å². The van der Waals surface area contributed by atoms with Crippen molar-refractivity contribution >= 4 is 5.91 Å². The van der Waals surface area contributed by atoms with Gasteiger partial charge in [-0.3, -0.25) is 4.79 Å². The Kier molecular flexibility index (Phi) is 4.69. The van der Waals surface area contributed by atoms with Crippen molar-refractivity contribution in [2.45, 2.75) is 25.3 Å². The first-order valence-corrected chi connectivity index (χ1v) is 9.06. The van der Waals surface area contributed by atoms with E-state index in [-0.39, 0.29) is 11.9 Å². The normalized spacial score (nSPS) is 18.7. The van der Waals surface area contributed by atoms with E-state index >= 15 is 0 Å². The molecule has 0 bridgehead atoms. The second-order valence-electron chi connectivity index (χ2n) is 6.67. The van der Waals surface area contributed by atoms with Crippen molar-refractivity contribution in [3.63, 3.8) is 0 Å². The summed E-state index contributed by atoms with van der Waals surface area (Å²) in [5, 5.41) is 0. The van der Waals surface area contributed by atoms with Gasteiger partial charge in [0.2, 0.25) is 5.91 Å². The fourth-order valence-electron chi connectivity index (χ4n) is 3.71. The van der Waals surface area contributed by atoms with Crippen molar-refractivity contribution in [1.29, 1.82) is 0 Å². The predicted octanol–water partition coefficient (Wildman–Crippen LogP) is 3.37. The number of hydrogen-bond donors (Lipinski definition) is 0. The number of fused-ring (bicyclic) bond motifs is 1. The summed E-state index contributed by atoms with van der Waals surface area (Å²) in [7, 11) is 1.66. The quantitative estimate of drug-likeness (QED) is 0.846. The summed E-state index contributed by atoms with van der Waals surface area (Å²) in [5.41, 5.74) is 2.12. The van der Waals surface area contributed by atoms with E-state index in [1.165, 1.54) is 5.56 Å². The lowest BCUT2D eigenvalue weighted by Gasteiger charge is -2.26. The van der Waals surface area contributed by atoms with Gasteiger partial charge in [-0.15, -0.1) is 0 Å². The zero-order valence-electron chi connectivity index (χ0n) is 14.9. The average Bonchev–Trinajstić information content (AvgIpc) is 3.18. The van der Waals surface area contributed by atoms with Crippen molar-refractivity contribution in [2.75, 3.05) is 26.9 Å². The van der Waals surface area contributed by atoms with Gasteiger partial charge < -0.3 is 19.1 Å². The van der Waals surface area contributed by atoms with Crippen LogP contribution in [-0.4, -0.2) is 37.7 Å². The summed E-state index contributed by atoms with van der Waals surface area (Å²) in [5.74, 6) is 2.47. The molecule has 1 atom stereocenters. The molecule has 0 aliphatic carbocycles. The molecule has 1 unspecified atom stereocenters. The highest BCUT2D eigenvalue weighted by Gasteiger charge is 2.30. The Morgan fingerprint density at radius 3 is 2.65 bits per heavy atom. The summed E-state index contributed by atoms with van der Waals surface area (Å²) in [4.78, 5) is 14.9. The van der Waals surface area contributed by atoms with Crippen molar-refractivity contribution in [1.82, 2.24) is 4.90 Å². The maximum atomic E-state index is 12.9. The molecule has 2 aliphatic heterocycles. The zero-order valence-corrected chi connectivity index (χ0v) is 14.9. The molecule has 1 amide bonds. The molecule has 5 heteroatoms. The summed E-state index contributed by atoms with van der Waals surface area (Å²) >= 11 is 0. The molecule has 136 valence electrons. The van der Waals surface area contributed by atoms with E-state index in [0.29, 0.717) is 19.6 Å². The van der Waals surface area contributed by atoms with E-state index in [1.807, 2.05) is 35.2 Å². The van der Waals surface area contributed by atoms with Crippen LogP contribution in [-0.2, 0) is 11.2 Å². The Balaban J connectivity index is 1.48. The van der Waals surface area contributed by atoms with Crippen LogP contribution in [0.4, 0.5) is 0 Å². The molecule has 2 aliphatic rings. The van der Waals surface area contributed by atoms with Gasteiger partial charge in [-0.1, -0.05) is 18.2 Å². The van der Waals surface area contributed by atoms with Crippen LogP contribution in [0.25, 0.3) is 0 Å². The van der Waals surface area contributed by atoms with Crippen molar-refractivity contribution < 1.29 is 19.0 Å². The van der Waals surface area contributed by atoms with Crippen LogP contribution < -0.4 is 14.2 Å². The third-order valence-electron chi connectivity index (χ3n) is 5.04. The van der Waals surface area contributed by atoms with E-state index in [1.54, 1.807) is 7.11 Å². The minimum Gasteiger partial charge on any atom is -0.497 e. The second-order valence-corrected chi connectivity index (χ2v) is 6.67. The molecule has 4 rings (SSSR count). The zero-order chi connectivity index (χ0) is 17.9. The number of ether oxygens (including phenoxy) is 3. The van der Waals surface area contributed by atoms with Crippen LogP contribution in [0.1, 0.15) is 30.0 Å². The fourth-order valence-corrected chi connectivity index (χ4v) is 3.71. The number of rotatable bonds is 4. The summed E-state index contributed by atoms with van der Waals surface area (Å²) in [6, 6.07) is 13.9. The number of amides is 1. The number of carbonyl (C=O) groups excluding carboxylic acids is 1. The van der Waals surface area contributed by atoms with Crippen molar-refractivity contribution in [2.24, 2.45) is 0 Å². The summed E-state index contributed by atoms with van der Waals surface area (Å²) < 4.78 is 16.4. The van der Waals surface area contributed by atoms with Crippen LogP contribution in [0.15, 0.2) is 42.5 Å². The molecule has 2 aromatic carbocycles. The highest BCUT2D eigenvalue weighted by molar-refractivity contribution is 5.80. The maximum absolute atomic E-state index is 12.9. The van der Waals surface area contributed by atoms with Gasteiger partial charge in [0, 0.05) is 6.54 Å². The van der Waals surface area contributed by atoms with Gasteiger partial charge in [0.15, 0.2) is 11.5 Å². The van der Waals surface area contributed by atoms with E-state index in [0.717, 1.165) is 42.2 Å². The Hall–Kier alpha value is -2.69. The van der Waals surface area contributed by atoms with Crippen LogP contribution >= 0.6 is 0 Å². The van der Waals surface area contributed by atoms with Crippen LogP contribution in [0, 0.1) is 0 Å². The van der Waals surface area contributed by atoms with E-state index in [4.69, 9.17) is 14.2 Å². The number of benzene rings is 2. The van der Waals surface area contributed by atoms with Crippen LogP contribution in [0.2, 0.25) is 0 Å². The molecule has 0 aromatic heterocycles. The molecule has 26 heavy (non-hydrogen) atoms. The SMILES string of the molecule is COc1ccc(C2CCCN2C(=O)Cc2ccc3c(c2)OCCO3)cc1. The summed E-state index contributed by atoms with van der Waals surface area (Å²) in [6.07, 6.45) is 2.41. The fraction of sp³-hybridized carbons (Fsp3) is 0.381. The molecule has 5 nitrogen and oxygen atoms in total. The summed E-state index contributed by atoms with van der Waals surface area (Å²) in [6.45, 7) is 1.93. The Labute approximate surface area is 153 Å². The number of likely N-dealkylation sites (tertiary alicyclic amines) is 1. The highest BCUT2D eigenvalue weighted by atomic mass is 16.6. The van der Waals surface area contributed by atoms with E-state index < -0.39 is 0 Å². The minimum atomic E-state index is 0.144. The van der Waals surface area contributed by atoms with Crippen LogP contribution in [0.3, 0.4) is 0 Å². The lowest BCUT2D eigenvalue weighted by molar-refractivity contribution is -0.131. The Morgan fingerprint density at radius 2 is 1.88 bits per heavy atom. The number of carbonyl (C=O) groups is 1. The van der Waals surface area contributed by atoms with Gasteiger partial charge in [-0.25, -0.2) is 0 Å². The second kappa shape index (κ2) is 7.28. The van der Waals surface area contributed by atoms with Gasteiger partial charge >= 0.3 is 0 Å². The molecule has 2 heterocycles. The van der Waals surface area contributed by atoms with Gasteiger partial charge in [-0.2, -0.15) is 0 Å². The third kappa shape index (κ3) is 3.34. The molecule has 2 aromatic rings. The first-order valence-electron chi connectivity index (χ1n) is 9.06.